The fraction of sp³-hybridized carbons (Fsp3) is 0.154. The maximum atomic E-state index is 5.26. The number of hydrogen-bond acceptors (Lipinski definition) is 5. The van der Waals surface area contributed by atoms with Crippen molar-refractivity contribution in [3.05, 3.63) is 42.2 Å². The Morgan fingerprint density at radius 2 is 2.06 bits per heavy atom. The van der Waals surface area contributed by atoms with E-state index in [1.807, 2.05) is 30.3 Å². The highest BCUT2D eigenvalue weighted by molar-refractivity contribution is 5.78. The van der Waals surface area contributed by atoms with Crippen molar-refractivity contribution in [1.82, 2.24) is 9.97 Å². The van der Waals surface area contributed by atoms with E-state index in [4.69, 9.17) is 4.74 Å². The van der Waals surface area contributed by atoms with Gasteiger partial charge in [-0.25, -0.2) is 4.98 Å². The van der Waals surface area contributed by atoms with Crippen LogP contribution < -0.4 is 4.74 Å². The summed E-state index contributed by atoms with van der Waals surface area (Å²) in [6, 6.07) is 9.25. The number of oxime groups is 1. The van der Waals surface area contributed by atoms with Crippen LogP contribution in [0.25, 0.3) is 11.4 Å². The first-order valence-corrected chi connectivity index (χ1v) is 5.38. The molecule has 0 saturated heterocycles. The Labute approximate surface area is 105 Å². The average molecular weight is 243 g/mol. The van der Waals surface area contributed by atoms with E-state index < -0.39 is 0 Å². The molecule has 0 bridgehead atoms. The average Bonchev–Trinajstić information content (AvgIpc) is 2.45. The molecule has 0 unspecified atom stereocenters. The van der Waals surface area contributed by atoms with Crippen molar-refractivity contribution >= 4 is 6.21 Å². The molecular weight excluding hydrogens is 230 g/mol. The summed E-state index contributed by atoms with van der Waals surface area (Å²) in [6.07, 6.45) is 3.24. The van der Waals surface area contributed by atoms with Gasteiger partial charge in [0.05, 0.1) is 24.7 Å². The van der Waals surface area contributed by atoms with Crippen molar-refractivity contribution in [2.45, 2.75) is 0 Å². The highest BCUT2D eigenvalue weighted by Gasteiger charge is 2.07. The number of pyridine rings is 2. The van der Waals surface area contributed by atoms with Crippen molar-refractivity contribution in [3.8, 4) is 17.1 Å². The van der Waals surface area contributed by atoms with E-state index in [2.05, 4.69) is 20.0 Å². The van der Waals surface area contributed by atoms with Crippen molar-refractivity contribution < 1.29 is 9.57 Å². The summed E-state index contributed by atoms with van der Waals surface area (Å²) < 4.78 is 5.26. The van der Waals surface area contributed by atoms with Crippen LogP contribution >= 0.6 is 0 Å². The molecule has 2 aromatic rings. The highest BCUT2D eigenvalue weighted by Crippen LogP contribution is 2.25. The predicted octanol–water partition coefficient (Wildman–Crippen LogP) is 2.13. The Balaban J connectivity index is 2.41. The van der Waals surface area contributed by atoms with Gasteiger partial charge < -0.3 is 9.57 Å². The predicted molar refractivity (Wildman–Crippen MR) is 68.6 cm³/mol. The van der Waals surface area contributed by atoms with Gasteiger partial charge in [-0.15, -0.1) is 0 Å². The van der Waals surface area contributed by atoms with Crippen LogP contribution in [0.1, 0.15) is 5.69 Å². The van der Waals surface area contributed by atoms with Crippen LogP contribution in [-0.4, -0.2) is 30.4 Å². The van der Waals surface area contributed by atoms with Gasteiger partial charge in [0.1, 0.15) is 18.6 Å². The fourth-order valence-corrected chi connectivity index (χ4v) is 1.51. The van der Waals surface area contributed by atoms with Crippen molar-refractivity contribution in [2.75, 3.05) is 14.2 Å². The first-order chi connectivity index (χ1) is 8.85. The standard InChI is InChI=1S/C13H13N3O2/c1-17-12-7-4-8-14-13(12)11-6-3-5-10(16-11)9-15-18-2/h3-9H,1-2H3. The Kier molecular flexibility index (Phi) is 3.86. The van der Waals surface area contributed by atoms with Crippen LogP contribution in [0.3, 0.4) is 0 Å². The SMILES string of the molecule is CON=Cc1cccc(-c2ncccc2OC)n1. The minimum atomic E-state index is 0.686. The molecule has 0 aliphatic rings. The lowest BCUT2D eigenvalue weighted by atomic mass is 10.2. The van der Waals surface area contributed by atoms with Crippen molar-refractivity contribution in [1.29, 1.82) is 0 Å². The molecule has 2 heterocycles. The molecule has 0 amide bonds. The Morgan fingerprint density at radius 1 is 1.17 bits per heavy atom. The third-order valence-electron chi connectivity index (χ3n) is 2.29. The zero-order valence-electron chi connectivity index (χ0n) is 10.2. The quantitative estimate of drug-likeness (QED) is 0.609. The molecule has 0 spiro atoms. The number of hydrogen-bond donors (Lipinski definition) is 0. The van der Waals surface area contributed by atoms with Crippen LogP contribution in [-0.2, 0) is 4.84 Å². The summed E-state index contributed by atoms with van der Waals surface area (Å²) in [7, 11) is 3.10. The van der Waals surface area contributed by atoms with Crippen molar-refractivity contribution in [3.63, 3.8) is 0 Å². The minimum Gasteiger partial charge on any atom is -0.494 e. The second kappa shape index (κ2) is 5.77. The molecule has 0 radical (unpaired) electrons. The van der Waals surface area contributed by atoms with E-state index in [0.717, 1.165) is 5.69 Å². The van der Waals surface area contributed by atoms with Gasteiger partial charge in [0.15, 0.2) is 0 Å². The van der Waals surface area contributed by atoms with Crippen LogP contribution in [0.5, 0.6) is 5.75 Å². The van der Waals surface area contributed by atoms with Crippen LogP contribution in [0.4, 0.5) is 0 Å². The van der Waals surface area contributed by atoms with Gasteiger partial charge in [-0.2, -0.15) is 0 Å². The summed E-state index contributed by atoms with van der Waals surface area (Å²) in [6.45, 7) is 0. The molecule has 0 aromatic carbocycles. The molecule has 0 aliphatic carbocycles. The Bertz CT molecular complexity index is 555. The van der Waals surface area contributed by atoms with Gasteiger partial charge in [-0.1, -0.05) is 11.2 Å². The molecule has 5 heteroatoms. The first kappa shape index (κ1) is 12.0. The molecule has 0 fully saturated rings. The Hall–Kier alpha value is -2.43. The topological polar surface area (TPSA) is 56.6 Å². The van der Waals surface area contributed by atoms with Crippen molar-refractivity contribution in [2.24, 2.45) is 5.16 Å². The van der Waals surface area contributed by atoms with Crippen LogP contribution in [0.2, 0.25) is 0 Å². The molecule has 18 heavy (non-hydrogen) atoms. The lowest BCUT2D eigenvalue weighted by molar-refractivity contribution is 0.215. The smallest absolute Gasteiger partial charge is 0.146 e. The second-order valence-corrected chi connectivity index (χ2v) is 3.42. The number of rotatable bonds is 4. The van der Waals surface area contributed by atoms with Gasteiger partial charge >= 0.3 is 0 Å². The number of ether oxygens (including phenoxy) is 1. The summed E-state index contributed by atoms with van der Waals surface area (Å²) in [5.74, 6) is 0.686. The molecule has 0 atom stereocenters. The molecular formula is C13H13N3O2. The lowest BCUT2D eigenvalue weighted by Gasteiger charge is -2.06. The molecule has 0 saturated carbocycles. The van der Waals surface area contributed by atoms with E-state index in [0.29, 0.717) is 17.1 Å². The molecule has 5 nitrogen and oxygen atoms in total. The summed E-state index contributed by atoms with van der Waals surface area (Å²) in [4.78, 5) is 13.3. The molecule has 92 valence electrons. The summed E-state index contributed by atoms with van der Waals surface area (Å²) >= 11 is 0. The van der Waals surface area contributed by atoms with E-state index >= 15 is 0 Å². The molecule has 2 rings (SSSR count). The van der Waals surface area contributed by atoms with Gasteiger partial charge in [-0.05, 0) is 24.3 Å². The maximum absolute atomic E-state index is 5.26. The highest BCUT2D eigenvalue weighted by atomic mass is 16.6. The van der Waals surface area contributed by atoms with E-state index in [-0.39, 0.29) is 0 Å². The monoisotopic (exact) mass is 243 g/mol. The van der Waals surface area contributed by atoms with Gasteiger partial charge in [-0.3, -0.25) is 4.98 Å². The zero-order valence-corrected chi connectivity index (χ0v) is 10.2. The largest absolute Gasteiger partial charge is 0.494 e. The van der Waals surface area contributed by atoms with Gasteiger partial charge in [0.25, 0.3) is 0 Å². The van der Waals surface area contributed by atoms with E-state index in [1.165, 1.54) is 7.11 Å². The molecule has 0 aliphatic heterocycles. The first-order valence-electron chi connectivity index (χ1n) is 5.38. The van der Waals surface area contributed by atoms with Gasteiger partial charge in [0.2, 0.25) is 0 Å². The number of aromatic nitrogens is 2. The number of nitrogens with zero attached hydrogens (tertiary/aromatic N) is 3. The third-order valence-corrected chi connectivity index (χ3v) is 2.29. The lowest BCUT2D eigenvalue weighted by Crippen LogP contribution is -1.95. The molecule has 0 N–H and O–H groups in total. The normalized spacial score (nSPS) is 10.6. The fourth-order valence-electron chi connectivity index (χ4n) is 1.51. The third kappa shape index (κ3) is 2.63. The van der Waals surface area contributed by atoms with E-state index in [9.17, 15) is 0 Å². The number of methoxy groups -OCH3 is 1. The summed E-state index contributed by atoms with van der Waals surface area (Å²) in [5, 5.41) is 3.68. The summed E-state index contributed by atoms with van der Waals surface area (Å²) in [5.41, 5.74) is 2.13. The zero-order chi connectivity index (χ0) is 12.8. The minimum absolute atomic E-state index is 0.686. The van der Waals surface area contributed by atoms with E-state index in [1.54, 1.807) is 19.5 Å². The molecule has 2 aromatic heterocycles. The second-order valence-electron chi connectivity index (χ2n) is 3.42. The maximum Gasteiger partial charge on any atom is 0.146 e. The Morgan fingerprint density at radius 3 is 2.83 bits per heavy atom. The van der Waals surface area contributed by atoms with Crippen LogP contribution in [0, 0.1) is 0 Å². The van der Waals surface area contributed by atoms with Crippen LogP contribution in [0.15, 0.2) is 41.7 Å². The van der Waals surface area contributed by atoms with Gasteiger partial charge in [0, 0.05) is 6.20 Å².